The molecular weight excluding hydrogens is 222 g/mol. The summed E-state index contributed by atoms with van der Waals surface area (Å²) in [6.07, 6.45) is 3.17. The number of piperidine rings is 1. The molecule has 3 nitrogen and oxygen atoms in total. The molecule has 0 aliphatic carbocycles. The van der Waals surface area contributed by atoms with Gasteiger partial charge in [0.2, 0.25) is 0 Å². The summed E-state index contributed by atoms with van der Waals surface area (Å²) in [5, 5.41) is 0. The van der Waals surface area contributed by atoms with E-state index in [9.17, 15) is 0 Å². The zero-order valence-corrected chi connectivity index (χ0v) is 11.8. The van der Waals surface area contributed by atoms with Gasteiger partial charge in [-0.3, -0.25) is 9.88 Å². The average molecular weight is 247 g/mol. The van der Waals surface area contributed by atoms with Gasteiger partial charge in [0.15, 0.2) is 0 Å². The van der Waals surface area contributed by atoms with Crippen LogP contribution in [-0.2, 0) is 13.1 Å². The number of rotatable bonds is 3. The highest BCUT2D eigenvalue weighted by molar-refractivity contribution is 5.19. The van der Waals surface area contributed by atoms with Crippen LogP contribution in [-0.4, -0.2) is 22.5 Å². The van der Waals surface area contributed by atoms with Crippen LogP contribution in [0.15, 0.2) is 18.3 Å². The molecule has 0 amide bonds. The molecule has 0 aromatic carbocycles. The molecule has 3 unspecified atom stereocenters. The van der Waals surface area contributed by atoms with Crippen molar-refractivity contribution >= 4 is 0 Å². The van der Waals surface area contributed by atoms with Gasteiger partial charge in [0.05, 0.1) is 5.69 Å². The quantitative estimate of drug-likeness (QED) is 0.892. The zero-order valence-electron chi connectivity index (χ0n) is 11.8. The lowest BCUT2D eigenvalue weighted by molar-refractivity contribution is 0.0726. The number of hydrogen-bond donors (Lipinski definition) is 1. The largest absolute Gasteiger partial charge is 0.325 e. The summed E-state index contributed by atoms with van der Waals surface area (Å²) in [5.41, 5.74) is 8.09. The van der Waals surface area contributed by atoms with Crippen molar-refractivity contribution in [1.29, 1.82) is 0 Å². The first-order valence-corrected chi connectivity index (χ1v) is 6.98. The fourth-order valence-corrected chi connectivity index (χ4v) is 3.06. The smallest absolute Gasteiger partial charge is 0.0584 e. The van der Waals surface area contributed by atoms with E-state index in [-0.39, 0.29) is 0 Å². The molecule has 2 heterocycles. The normalized spacial score (nSPS) is 29.4. The summed E-state index contributed by atoms with van der Waals surface area (Å²) in [4.78, 5) is 6.95. The lowest BCUT2D eigenvalue weighted by atomic mass is 9.85. The minimum absolute atomic E-state index is 0.531. The molecule has 1 fully saturated rings. The summed E-state index contributed by atoms with van der Waals surface area (Å²) < 4.78 is 0. The monoisotopic (exact) mass is 247 g/mol. The number of likely N-dealkylation sites (tertiary alicyclic amines) is 1. The van der Waals surface area contributed by atoms with Crippen LogP contribution in [0.1, 0.15) is 38.4 Å². The molecule has 0 saturated carbocycles. The number of hydrogen-bond acceptors (Lipinski definition) is 3. The Morgan fingerprint density at radius 3 is 2.89 bits per heavy atom. The predicted molar refractivity (Wildman–Crippen MR) is 74.9 cm³/mol. The average Bonchev–Trinajstić information content (AvgIpc) is 2.36. The number of aromatic nitrogens is 1. The van der Waals surface area contributed by atoms with Crippen LogP contribution < -0.4 is 5.73 Å². The third-order valence-corrected chi connectivity index (χ3v) is 4.27. The van der Waals surface area contributed by atoms with Gasteiger partial charge in [0.1, 0.15) is 0 Å². The van der Waals surface area contributed by atoms with Crippen molar-refractivity contribution in [2.75, 3.05) is 6.54 Å². The van der Waals surface area contributed by atoms with Crippen molar-refractivity contribution in [3.05, 3.63) is 29.6 Å². The van der Waals surface area contributed by atoms with E-state index < -0.39 is 0 Å². The molecule has 0 radical (unpaired) electrons. The van der Waals surface area contributed by atoms with Gasteiger partial charge in [-0.15, -0.1) is 0 Å². The second-order valence-electron chi connectivity index (χ2n) is 5.80. The molecule has 1 saturated heterocycles. The third-order valence-electron chi connectivity index (χ3n) is 4.27. The van der Waals surface area contributed by atoms with Gasteiger partial charge in [-0.1, -0.05) is 19.9 Å². The predicted octanol–water partition coefficient (Wildman–Crippen LogP) is 2.41. The molecule has 3 atom stereocenters. The maximum Gasteiger partial charge on any atom is 0.0584 e. The van der Waals surface area contributed by atoms with E-state index in [1.807, 2.05) is 12.3 Å². The Hall–Kier alpha value is -0.930. The van der Waals surface area contributed by atoms with Gasteiger partial charge in [-0.2, -0.15) is 0 Å². The first-order chi connectivity index (χ1) is 8.61. The Morgan fingerprint density at radius 1 is 1.39 bits per heavy atom. The standard InChI is InChI=1S/C15H25N3/c1-11-7-12(2)13(3)18(9-11)10-14-5-4-6-17-15(14)8-16/h4-6,11-13H,7-10,16H2,1-3H3. The van der Waals surface area contributed by atoms with E-state index >= 15 is 0 Å². The summed E-state index contributed by atoms with van der Waals surface area (Å²) >= 11 is 0. The highest BCUT2D eigenvalue weighted by atomic mass is 15.2. The molecule has 1 aromatic rings. The Kier molecular flexibility index (Phi) is 4.36. The van der Waals surface area contributed by atoms with Crippen molar-refractivity contribution in [2.24, 2.45) is 17.6 Å². The topological polar surface area (TPSA) is 42.2 Å². The second-order valence-corrected chi connectivity index (χ2v) is 5.80. The number of pyridine rings is 1. The van der Waals surface area contributed by atoms with E-state index in [0.717, 1.165) is 24.1 Å². The molecule has 18 heavy (non-hydrogen) atoms. The van der Waals surface area contributed by atoms with E-state index in [1.165, 1.54) is 18.5 Å². The Labute approximate surface area is 110 Å². The third kappa shape index (κ3) is 2.90. The summed E-state index contributed by atoms with van der Waals surface area (Å²) in [6, 6.07) is 4.81. The molecule has 100 valence electrons. The minimum Gasteiger partial charge on any atom is -0.325 e. The van der Waals surface area contributed by atoms with Crippen LogP contribution >= 0.6 is 0 Å². The molecular formula is C15H25N3. The lowest BCUT2D eigenvalue weighted by Gasteiger charge is -2.41. The van der Waals surface area contributed by atoms with Gasteiger partial charge in [0.25, 0.3) is 0 Å². The van der Waals surface area contributed by atoms with Crippen LogP contribution in [0.25, 0.3) is 0 Å². The number of nitrogens with zero attached hydrogens (tertiary/aromatic N) is 2. The Bertz CT molecular complexity index is 391. The van der Waals surface area contributed by atoms with Crippen molar-refractivity contribution in [3.8, 4) is 0 Å². The van der Waals surface area contributed by atoms with Crippen LogP contribution in [0, 0.1) is 11.8 Å². The fourth-order valence-electron chi connectivity index (χ4n) is 3.06. The molecule has 0 bridgehead atoms. The molecule has 1 aliphatic heterocycles. The first-order valence-electron chi connectivity index (χ1n) is 6.98. The summed E-state index contributed by atoms with van der Waals surface area (Å²) in [5.74, 6) is 1.56. The van der Waals surface area contributed by atoms with Gasteiger partial charge in [-0.25, -0.2) is 0 Å². The van der Waals surface area contributed by atoms with Crippen molar-refractivity contribution in [2.45, 2.75) is 46.3 Å². The summed E-state index contributed by atoms with van der Waals surface area (Å²) in [6.45, 7) is 9.75. The lowest BCUT2D eigenvalue weighted by Crippen LogP contribution is -2.45. The van der Waals surface area contributed by atoms with Gasteiger partial charge >= 0.3 is 0 Å². The van der Waals surface area contributed by atoms with E-state index in [0.29, 0.717) is 12.6 Å². The SMILES string of the molecule is CC1CC(C)C(C)N(Cc2cccnc2CN)C1. The van der Waals surface area contributed by atoms with Crippen molar-refractivity contribution in [1.82, 2.24) is 9.88 Å². The van der Waals surface area contributed by atoms with Crippen LogP contribution in [0.2, 0.25) is 0 Å². The van der Waals surface area contributed by atoms with Crippen molar-refractivity contribution < 1.29 is 0 Å². The van der Waals surface area contributed by atoms with E-state index in [4.69, 9.17) is 5.73 Å². The molecule has 0 spiro atoms. The van der Waals surface area contributed by atoms with Gasteiger partial charge < -0.3 is 5.73 Å². The maximum atomic E-state index is 5.76. The van der Waals surface area contributed by atoms with E-state index in [2.05, 4.69) is 36.7 Å². The molecule has 2 N–H and O–H groups in total. The fraction of sp³-hybridized carbons (Fsp3) is 0.667. The Morgan fingerprint density at radius 2 is 2.17 bits per heavy atom. The highest BCUT2D eigenvalue weighted by Crippen LogP contribution is 2.28. The zero-order chi connectivity index (χ0) is 13.1. The highest BCUT2D eigenvalue weighted by Gasteiger charge is 2.28. The first kappa shape index (κ1) is 13.5. The number of nitrogens with two attached hydrogens (primary N) is 1. The van der Waals surface area contributed by atoms with Crippen molar-refractivity contribution in [3.63, 3.8) is 0 Å². The molecule has 1 aliphatic rings. The minimum atomic E-state index is 0.531. The van der Waals surface area contributed by atoms with E-state index in [1.54, 1.807) is 0 Å². The Balaban J connectivity index is 2.12. The van der Waals surface area contributed by atoms with Gasteiger partial charge in [-0.05, 0) is 36.8 Å². The molecule has 2 rings (SSSR count). The van der Waals surface area contributed by atoms with Gasteiger partial charge in [0, 0.05) is 31.9 Å². The molecule has 1 aromatic heterocycles. The molecule has 3 heteroatoms. The maximum absolute atomic E-state index is 5.76. The summed E-state index contributed by atoms with van der Waals surface area (Å²) in [7, 11) is 0. The van der Waals surface area contributed by atoms with Crippen LogP contribution in [0.4, 0.5) is 0 Å². The van der Waals surface area contributed by atoms with Crippen LogP contribution in [0.5, 0.6) is 0 Å². The van der Waals surface area contributed by atoms with Crippen LogP contribution in [0.3, 0.4) is 0 Å². The second kappa shape index (κ2) is 5.81.